The number of rotatable bonds is 3. The molecule has 0 fully saturated rings. The first-order valence-electron chi connectivity index (χ1n) is 4.39. The van der Waals surface area contributed by atoms with Gasteiger partial charge in [-0.15, -0.1) is 0 Å². The Hall–Kier alpha value is -1.38. The SMILES string of the molecule is C=C/C(C)=N\c1c(C)cnn1CC. The molecule has 13 heavy (non-hydrogen) atoms. The zero-order valence-electron chi connectivity index (χ0n) is 8.41. The van der Waals surface area contributed by atoms with E-state index in [1.165, 1.54) is 0 Å². The molecule has 0 aliphatic rings. The van der Waals surface area contributed by atoms with Crippen LogP contribution in [0, 0.1) is 6.92 Å². The van der Waals surface area contributed by atoms with Gasteiger partial charge in [-0.1, -0.05) is 6.58 Å². The summed E-state index contributed by atoms with van der Waals surface area (Å²) in [6, 6.07) is 0. The molecule has 0 amide bonds. The number of allylic oxidation sites excluding steroid dienone is 1. The minimum Gasteiger partial charge on any atom is -0.248 e. The van der Waals surface area contributed by atoms with E-state index in [4.69, 9.17) is 0 Å². The quantitative estimate of drug-likeness (QED) is 0.652. The minimum atomic E-state index is 0.844. The van der Waals surface area contributed by atoms with Crippen LogP contribution in [0.5, 0.6) is 0 Å². The number of aromatic nitrogens is 2. The van der Waals surface area contributed by atoms with Gasteiger partial charge in [0.1, 0.15) is 0 Å². The molecule has 0 saturated heterocycles. The molecule has 0 radical (unpaired) electrons. The van der Waals surface area contributed by atoms with Gasteiger partial charge in [0.15, 0.2) is 5.82 Å². The summed E-state index contributed by atoms with van der Waals surface area (Å²) in [5, 5.41) is 4.20. The maximum absolute atomic E-state index is 4.41. The third-order valence-corrected chi connectivity index (χ3v) is 1.87. The summed E-state index contributed by atoms with van der Waals surface area (Å²) in [6.45, 7) is 10.5. The zero-order chi connectivity index (χ0) is 9.84. The van der Waals surface area contributed by atoms with Gasteiger partial charge in [-0.2, -0.15) is 5.10 Å². The van der Waals surface area contributed by atoms with Crippen LogP contribution in [0.3, 0.4) is 0 Å². The van der Waals surface area contributed by atoms with Gasteiger partial charge in [-0.05, 0) is 26.8 Å². The number of aliphatic imine (C=N–C) groups is 1. The number of aryl methyl sites for hydroxylation is 2. The Morgan fingerprint density at radius 2 is 2.46 bits per heavy atom. The highest BCUT2D eigenvalue weighted by Crippen LogP contribution is 2.17. The highest BCUT2D eigenvalue weighted by molar-refractivity contribution is 5.94. The van der Waals surface area contributed by atoms with Crippen molar-refractivity contribution >= 4 is 11.5 Å². The molecule has 1 aromatic heterocycles. The molecule has 0 aliphatic carbocycles. The molecule has 0 unspecified atom stereocenters. The van der Waals surface area contributed by atoms with Gasteiger partial charge >= 0.3 is 0 Å². The summed E-state index contributed by atoms with van der Waals surface area (Å²) in [5.41, 5.74) is 2.02. The summed E-state index contributed by atoms with van der Waals surface area (Å²) in [6.07, 6.45) is 3.57. The lowest BCUT2D eigenvalue weighted by Crippen LogP contribution is -1.96. The second-order valence-corrected chi connectivity index (χ2v) is 2.92. The van der Waals surface area contributed by atoms with Crippen molar-refractivity contribution in [1.29, 1.82) is 0 Å². The number of hydrogen-bond acceptors (Lipinski definition) is 2. The maximum atomic E-state index is 4.41. The number of nitrogens with zero attached hydrogens (tertiary/aromatic N) is 3. The fourth-order valence-electron chi connectivity index (χ4n) is 1.06. The van der Waals surface area contributed by atoms with Crippen LogP contribution in [0.1, 0.15) is 19.4 Å². The Morgan fingerprint density at radius 1 is 1.77 bits per heavy atom. The van der Waals surface area contributed by atoms with E-state index in [0.29, 0.717) is 0 Å². The molecule has 1 heterocycles. The molecule has 0 aromatic carbocycles. The van der Waals surface area contributed by atoms with Crippen molar-refractivity contribution in [3.63, 3.8) is 0 Å². The summed E-state index contributed by atoms with van der Waals surface area (Å²) >= 11 is 0. The van der Waals surface area contributed by atoms with Crippen molar-refractivity contribution in [2.75, 3.05) is 0 Å². The summed E-state index contributed by atoms with van der Waals surface area (Å²) in [7, 11) is 0. The first-order valence-corrected chi connectivity index (χ1v) is 4.39. The van der Waals surface area contributed by atoms with E-state index in [-0.39, 0.29) is 0 Å². The first-order chi connectivity index (χ1) is 6.19. The third kappa shape index (κ3) is 2.05. The van der Waals surface area contributed by atoms with Gasteiger partial charge in [0, 0.05) is 17.8 Å². The standard InChI is InChI=1S/C10H15N3/c1-5-9(4)12-10-8(3)7-11-13(10)6-2/h5,7H,1,6H2,2-4H3/b12-9-. The van der Waals surface area contributed by atoms with Crippen LogP contribution in [0.4, 0.5) is 5.82 Å². The van der Waals surface area contributed by atoms with Crippen LogP contribution in [0.25, 0.3) is 0 Å². The molecular formula is C10H15N3. The van der Waals surface area contributed by atoms with E-state index in [0.717, 1.165) is 23.6 Å². The van der Waals surface area contributed by atoms with Crippen molar-refractivity contribution in [2.45, 2.75) is 27.3 Å². The van der Waals surface area contributed by atoms with Gasteiger partial charge in [0.05, 0.1) is 6.20 Å². The van der Waals surface area contributed by atoms with Gasteiger partial charge in [0.25, 0.3) is 0 Å². The normalized spacial score (nSPS) is 11.8. The molecule has 1 rings (SSSR count). The second kappa shape index (κ2) is 4.03. The molecular weight excluding hydrogens is 162 g/mol. The monoisotopic (exact) mass is 177 g/mol. The van der Waals surface area contributed by atoms with Crippen molar-refractivity contribution in [3.05, 3.63) is 24.4 Å². The Kier molecular flexibility index (Phi) is 3.01. The second-order valence-electron chi connectivity index (χ2n) is 2.92. The van der Waals surface area contributed by atoms with Gasteiger partial charge < -0.3 is 0 Å². The van der Waals surface area contributed by atoms with Crippen LogP contribution < -0.4 is 0 Å². The smallest absolute Gasteiger partial charge is 0.153 e. The van der Waals surface area contributed by atoms with Crippen molar-refractivity contribution in [3.8, 4) is 0 Å². The summed E-state index contributed by atoms with van der Waals surface area (Å²) < 4.78 is 1.88. The van der Waals surface area contributed by atoms with E-state index in [1.807, 2.05) is 24.7 Å². The maximum Gasteiger partial charge on any atom is 0.153 e. The largest absolute Gasteiger partial charge is 0.248 e. The number of hydrogen-bond donors (Lipinski definition) is 0. The molecule has 0 saturated carbocycles. The van der Waals surface area contributed by atoms with Crippen LogP contribution in [-0.4, -0.2) is 15.5 Å². The Morgan fingerprint density at radius 3 is 3.00 bits per heavy atom. The fraction of sp³-hybridized carbons (Fsp3) is 0.400. The lowest BCUT2D eigenvalue weighted by Gasteiger charge is -2.00. The summed E-state index contributed by atoms with van der Waals surface area (Å²) in [4.78, 5) is 4.41. The van der Waals surface area contributed by atoms with Crippen molar-refractivity contribution < 1.29 is 0 Å². The Labute approximate surface area is 78.8 Å². The minimum absolute atomic E-state index is 0.844. The molecule has 3 heteroatoms. The predicted octanol–water partition coefficient (Wildman–Crippen LogP) is 2.49. The first kappa shape index (κ1) is 9.71. The molecule has 0 spiro atoms. The lowest BCUT2D eigenvalue weighted by atomic mass is 10.3. The average molecular weight is 177 g/mol. The van der Waals surface area contributed by atoms with Crippen LogP contribution >= 0.6 is 0 Å². The average Bonchev–Trinajstić information content (AvgIpc) is 2.48. The van der Waals surface area contributed by atoms with E-state index in [9.17, 15) is 0 Å². The van der Waals surface area contributed by atoms with Gasteiger partial charge in [-0.25, -0.2) is 9.67 Å². The zero-order valence-corrected chi connectivity index (χ0v) is 8.41. The fourth-order valence-corrected chi connectivity index (χ4v) is 1.06. The molecule has 0 aliphatic heterocycles. The molecule has 0 N–H and O–H groups in total. The highest BCUT2D eigenvalue weighted by atomic mass is 15.3. The van der Waals surface area contributed by atoms with E-state index in [1.54, 1.807) is 6.08 Å². The molecule has 1 aromatic rings. The van der Waals surface area contributed by atoms with E-state index < -0.39 is 0 Å². The van der Waals surface area contributed by atoms with Crippen LogP contribution in [-0.2, 0) is 6.54 Å². The highest BCUT2D eigenvalue weighted by Gasteiger charge is 2.03. The van der Waals surface area contributed by atoms with E-state index in [2.05, 4.69) is 23.6 Å². The van der Waals surface area contributed by atoms with Crippen molar-refractivity contribution in [1.82, 2.24) is 9.78 Å². The van der Waals surface area contributed by atoms with Crippen LogP contribution in [0.2, 0.25) is 0 Å². The topological polar surface area (TPSA) is 30.2 Å². The molecule has 0 bridgehead atoms. The third-order valence-electron chi connectivity index (χ3n) is 1.87. The van der Waals surface area contributed by atoms with Gasteiger partial charge in [-0.3, -0.25) is 0 Å². The Bertz CT molecular complexity index is 334. The summed E-state index contributed by atoms with van der Waals surface area (Å²) in [5.74, 6) is 0.930. The Balaban J connectivity index is 3.11. The predicted molar refractivity (Wildman–Crippen MR) is 55.6 cm³/mol. The molecule has 3 nitrogen and oxygen atoms in total. The lowest BCUT2D eigenvalue weighted by molar-refractivity contribution is 0.664. The molecule has 0 atom stereocenters. The van der Waals surface area contributed by atoms with Gasteiger partial charge in [0.2, 0.25) is 0 Å². The molecule has 70 valence electrons. The van der Waals surface area contributed by atoms with Crippen molar-refractivity contribution in [2.24, 2.45) is 4.99 Å². The van der Waals surface area contributed by atoms with E-state index >= 15 is 0 Å². The van der Waals surface area contributed by atoms with Crippen LogP contribution in [0.15, 0.2) is 23.8 Å².